The Morgan fingerprint density at radius 2 is 1.09 bits per heavy atom. The van der Waals surface area contributed by atoms with E-state index in [9.17, 15) is 0 Å². The molecule has 8 rings (SSSR count). The van der Waals surface area contributed by atoms with Crippen LogP contribution in [0.5, 0.6) is 0 Å². The number of aryl methyl sites for hydroxylation is 2. The van der Waals surface area contributed by atoms with Gasteiger partial charge in [-0.3, -0.25) is 0 Å². The van der Waals surface area contributed by atoms with Crippen LogP contribution in [0, 0.1) is 0 Å². The molecule has 1 aliphatic carbocycles. The van der Waals surface area contributed by atoms with Gasteiger partial charge in [0.2, 0.25) is 0 Å². The summed E-state index contributed by atoms with van der Waals surface area (Å²) in [5, 5.41) is 5.42. The molecular weight excluding hydrogens is 520 g/mol. The Labute approximate surface area is 255 Å². The van der Waals surface area contributed by atoms with E-state index < -0.39 is 0 Å². The van der Waals surface area contributed by atoms with Crippen LogP contribution in [0.1, 0.15) is 62.8 Å². The Hall–Kier alpha value is -4.30. The zero-order chi connectivity index (χ0) is 29.3. The lowest BCUT2D eigenvalue weighted by atomic mass is 9.81. The molecule has 0 saturated carbocycles. The first-order chi connectivity index (χ1) is 21.0. The molecule has 5 aromatic carbocycles. The van der Waals surface area contributed by atoms with Gasteiger partial charge in [-0.05, 0) is 97.2 Å². The van der Waals surface area contributed by atoms with Crippen molar-refractivity contribution >= 4 is 45.7 Å². The molecule has 2 heteroatoms. The van der Waals surface area contributed by atoms with E-state index in [1.54, 1.807) is 0 Å². The Kier molecular flexibility index (Phi) is 6.05. The van der Waals surface area contributed by atoms with Gasteiger partial charge in [-0.1, -0.05) is 86.7 Å². The molecule has 0 bridgehead atoms. The molecule has 2 nitrogen and oxygen atoms in total. The summed E-state index contributed by atoms with van der Waals surface area (Å²) in [6, 6.07) is 32.3. The average molecular weight is 561 g/mol. The summed E-state index contributed by atoms with van der Waals surface area (Å²) >= 11 is 0. The predicted octanol–water partition coefficient (Wildman–Crippen LogP) is 8.92. The molecule has 0 amide bonds. The Morgan fingerprint density at radius 1 is 0.581 bits per heavy atom. The highest BCUT2D eigenvalue weighted by Crippen LogP contribution is 2.52. The molecule has 3 aliphatic rings. The second-order valence-electron chi connectivity index (χ2n) is 13.0. The summed E-state index contributed by atoms with van der Waals surface area (Å²) in [4.78, 5) is 5.27. The van der Waals surface area contributed by atoms with Crippen molar-refractivity contribution in [3.8, 4) is 11.1 Å². The lowest BCUT2D eigenvalue weighted by Crippen LogP contribution is -2.39. The minimum Gasteiger partial charge on any atom is -0.340 e. The third-order valence-corrected chi connectivity index (χ3v) is 10.4. The molecule has 0 saturated heterocycles. The minimum absolute atomic E-state index is 0.0548. The molecule has 0 N–H and O–H groups in total. The van der Waals surface area contributed by atoms with Crippen LogP contribution in [0.4, 0.5) is 22.7 Å². The first-order valence-corrected chi connectivity index (χ1v) is 16.1. The fraction of sp³-hybridized carbons (Fsp3) is 0.268. The van der Waals surface area contributed by atoms with Crippen molar-refractivity contribution in [1.82, 2.24) is 0 Å². The second-order valence-corrected chi connectivity index (χ2v) is 13.0. The van der Waals surface area contributed by atoms with Crippen LogP contribution < -0.4 is 20.2 Å². The SMILES string of the molecule is CC=c1c(N2CCCc3ccccc32)c2cc3c(cc2c(N2CCCc4ccccc42)c1=CC)C(C)(C)c1ccccc1-3. The van der Waals surface area contributed by atoms with Crippen LogP contribution in [0.2, 0.25) is 0 Å². The Morgan fingerprint density at radius 3 is 1.67 bits per heavy atom. The standard InChI is InChI=1S/C41H40N2/c1-5-29-30(6-2)40(43-24-14-18-28-16-8-12-22-38(28)43)34-26-36-32(31-19-9-10-20-35(31)41(36,3)4)25-33(34)39(29)42-23-13-17-27-15-7-11-21-37(27)42/h5-12,15-16,19-22,25-26H,13-14,17-18,23-24H2,1-4H3. The van der Waals surface area contributed by atoms with E-state index in [2.05, 4.69) is 135 Å². The van der Waals surface area contributed by atoms with E-state index >= 15 is 0 Å². The zero-order valence-corrected chi connectivity index (χ0v) is 25.9. The predicted molar refractivity (Wildman–Crippen MR) is 185 cm³/mol. The normalized spacial score (nSPS) is 17.6. The van der Waals surface area contributed by atoms with Crippen molar-refractivity contribution in [1.29, 1.82) is 0 Å². The molecule has 2 aliphatic heterocycles. The minimum atomic E-state index is -0.0548. The van der Waals surface area contributed by atoms with Crippen LogP contribution in [0.15, 0.2) is 84.9 Å². The number of para-hydroxylation sites is 2. The molecule has 0 aromatic heterocycles. The average Bonchev–Trinajstić information content (AvgIpc) is 3.27. The Balaban J connectivity index is 1.54. The Bertz CT molecular complexity index is 2050. The molecular formula is C41H40N2. The van der Waals surface area contributed by atoms with Crippen molar-refractivity contribution in [2.75, 3.05) is 22.9 Å². The molecule has 0 unspecified atom stereocenters. The van der Waals surface area contributed by atoms with Gasteiger partial charge in [-0.2, -0.15) is 0 Å². The molecule has 214 valence electrons. The number of hydrogen-bond acceptors (Lipinski definition) is 2. The van der Waals surface area contributed by atoms with Gasteiger partial charge in [0.1, 0.15) is 0 Å². The molecule has 0 spiro atoms. The van der Waals surface area contributed by atoms with Crippen LogP contribution in [0.3, 0.4) is 0 Å². The number of fused-ring (bicyclic) bond motifs is 6. The van der Waals surface area contributed by atoms with Crippen molar-refractivity contribution in [3.63, 3.8) is 0 Å². The molecule has 43 heavy (non-hydrogen) atoms. The topological polar surface area (TPSA) is 6.48 Å². The summed E-state index contributed by atoms with van der Waals surface area (Å²) in [6.45, 7) is 11.3. The van der Waals surface area contributed by atoms with Crippen LogP contribution in [-0.2, 0) is 18.3 Å². The van der Waals surface area contributed by atoms with Gasteiger partial charge in [0.05, 0.1) is 11.4 Å². The smallest absolute Gasteiger partial charge is 0.0568 e. The lowest BCUT2D eigenvalue weighted by Gasteiger charge is -2.36. The van der Waals surface area contributed by atoms with Gasteiger partial charge in [0.25, 0.3) is 0 Å². The number of rotatable bonds is 2. The molecule has 0 fully saturated rings. The van der Waals surface area contributed by atoms with E-state index in [0.29, 0.717) is 0 Å². The van der Waals surface area contributed by atoms with Gasteiger partial charge in [-0.15, -0.1) is 0 Å². The summed E-state index contributed by atoms with van der Waals surface area (Å²) in [6.07, 6.45) is 9.34. The summed E-state index contributed by atoms with van der Waals surface area (Å²) in [5.41, 5.74) is 13.9. The molecule has 0 radical (unpaired) electrons. The van der Waals surface area contributed by atoms with Crippen molar-refractivity contribution in [2.24, 2.45) is 0 Å². The fourth-order valence-corrected chi connectivity index (χ4v) is 8.38. The quantitative estimate of drug-likeness (QED) is 0.213. The highest BCUT2D eigenvalue weighted by Gasteiger charge is 2.37. The maximum absolute atomic E-state index is 2.64. The highest BCUT2D eigenvalue weighted by atomic mass is 15.2. The van der Waals surface area contributed by atoms with Gasteiger partial charge < -0.3 is 9.80 Å². The van der Waals surface area contributed by atoms with Gasteiger partial charge in [-0.25, -0.2) is 0 Å². The van der Waals surface area contributed by atoms with E-state index in [1.807, 2.05) is 0 Å². The summed E-state index contributed by atoms with van der Waals surface area (Å²) in [5.74, 6) is 0. The fourth-order valence-electron chi connectivity index (χ4n) is 8.38. The van der Waals surface area contributed by atoms with Crippen molar-refractivity contribution in [3.05, 3.63) is 118 Å². The van der Waals surface area contributed by atoms with Gasteiger partial charge in [0.15, 0.2) is 0 Å². The molecule has 0 atom stereocenters. The first-order valence-electron chi connectivity index (χ1n) is 16.1. The largest absolute Gasteiger partial charge is 0.340 e. The second kappa shape index (κ2) is 9.88. The zero-order valence-electron chi connectivity index (χ0n) is 25.9. The maximum atomic E-state index is 2.64. The van der Waals surface area contributed by atoms with Gasteiger partial charge >= 0.3 is 0 Å². The summed E-state index contributed by atoms with van der Waals surface area (Å²) in [7, 11) is 0. The van der Waals surface area contributed by atoms with E-state index in [4.69, 9.17) is 0 Å². The van der Waals surface area contributed by atoms with Crippen LogP contribution >= 0.6 is 0 Å². The monoisotopic (exact) mass is 560 g/mol. The first kappa shape index (κ1) is 26.3. The maximum Gasteiger partial charge on any atom is 0.0568 e. The van der Waals surface area contributed by atoms with Crippen LogP contribution in [0.25, 0.3) is 34.1 Å². The third-order valence-electron chi connectivity index (χ3n) is 10.4. The number of nitrogens with zero attached hydrogens (tertiary/aromatic N) is 2. The summed E-state index contributed by atoms with van der Waals surface area (Å²) < 4.78 is 0. The van der Waals surface area contributed by atoms with E-state index in [1.165, 1.54) is 77.3 Å². The third kappa shape index (κ3) is 3.78. The lowest BCUT2D eigenvalue weighted by molar-refractivity contribution is 0.661. The number of benzene rings is 5. The van der Waals surface area contributed by atoms with Crippen molar-refractivity contribution in [2.45, 2.75) is 58.8 Å². The van der Waals surface area contributed by atoms with E-state index in [0.717, 1.165) is 38.8 Å². The number of hydrogen-bond donors (Lipinski definition) is 0. The number of anilines is 4. The van der Waals surface area contributed by atoms with E-state index in [-0.39, 0.29) is 5.41 Å². The van der Waals surface area contributed by atoms with Crippen molar-refractivity contribution < 1.29 is 0 Å². The molecule has 2 heterocycles. The highest BCUT2D eigenvalue weighted by molar-refractivity contribution is 6.09. The van der Waals surface area contributed by atoms with Gasteiger partial charge in [0, 0.05) is 51.1 Å². The van der Waals surface area contributed by atoms with Crippen LogP contribution in [-0.4, -0.2) is 13.1 Å². The molecule has 5 aromatic rings.